The molecule has 112 valence electrons. The van der Waals surface area contributed by atoms with E-state index in [-0.39, 0.29) is 18.2 Å². The SMILES string of the molecule is COc1cccc(C2CC(=O)N(Cc3ccccc3)C2=O)c1. The van der Waals surface area contributed by atoms with Crippen molar-refractivity contribution in [2.24, 2.45) is 0 Å². The molecule has 1 heterocycles. The third-order valence-electron chi connectivity index (χ3n) is 3.92. The van der Waals surface area contributed by atoms with Gasteiger partial charge in [0.15, 0.2) is 0 Å². The quantitative estimate of drug-likeness (QED) is 0.815. The number of nitrogens with zero attached hydrogens (tertiary/aromatic N) is 1. The summed E-state index contributed by atoms with van der Waals surface area (Å²) >= 11 is 0. The summed E-state index contributed by atoms with van der Waals surface area (Å²) in [5.41, 5.74) is 1.78. The molecular formula is C18H17NO3. The van der Waals surface area contributed by atoms with Gasteiger partial charge in [-0.25, -0.2) is 0 Å². The molecule has 2 aromatic rings. The normalized spacial score (nSPS) is 17.9. The van der Waals surface area contributed by atoms with Crippen LogP contribution in [0.5, 0.6) is 5.75 Å². The van der Waals surface area contributed by atoms with E-state index < -0.39 is 5.92 Å². The summed E-state index contributed by atoms with van der Waals surface area (Å²) in [6, 6.07) is 16.9. The van der Waals surface area contributed by atoms with Gasteiger partial charge >= 0.3 is 0 Å². The Labute approximate surface area is 129 Å². The van der Waals surface area contributed by atoms with Crippen LogP contribution in [0.15, 0.2) is 54.6 Å². The first-order valence-corrected chi connectivity index (χ1v) is 7.21. The molecule has 0 aliphatic carbocycles. The van der Waals surface area contributed by atoms with Crippen molar-refractivity contribution >= 4 is 11.8 Å². The van der Waals surface area contributed by atoms with Gasteiger partial charge < -0.3 is 4.74 Å². The minimum absolute atomic E-state index is 0.123. The second-order valence-corrected chi connectivity index (χ2v) is 5.34. The highest BCUT2D eigenvalue weighted by atomic mass is 16.5. The topological polar surface area (TPSA) is 46.6 Å². The minimum atomic E-state index is -0.411. The maximum absolute atomic E-state index is 12.6. The zero-order valence-electron chi connectivity index (χ0n) is 12.4. The van der Waals surface area contributed by atoms with Crippen molar-refractivity contribution in [3.8, 4) is 5.75 Å². The number of likely N-dealkylation sites (tertiary alicyclic amines) is 1. The fourth-order valence-corrected chi connectivity index (χ4v) is 2.73. The highest BCUT2D eigenvalue weighted by Gasteiger charge is 2.39. The number of benzene rings is 2. The van der Waals surface area contributed by atoms with Gasteiger partial charge in [-0.2, -0.15) is 0 Å². The van der Waals surface area contributed by atoms with Crippen LogP contribution in [0.2, 0.25) is 0 Å². The van der Waals surface area contributed by atoms with Crippen LogP contribution >= 0.6 is 0 Å². The highest BCUT2D eigenvalue weighted by molar-refractivity contribution is 6.06. The second kappa shape index (κ2) is 6.02. The minimum Gasteiger partial charge on any atom is -0.497 e. The molecule has 1 aliphatic heterocycles. The first-order valence-electron chi connectivity index (χ1n) is 7.21. The first kappa shape index (κ1) is 14.3. The third kappa shape index (κ3) is 2.72. The summed E-state index contributed by atoms with van der Waals surface area (Å²) in [6.45, 7) is 0.332. The van der Waals surface area contributed by atoms with Gasteiger partial charge in [0, 0.05) is 6.42 Å². The molecule has 1 unspecified atom stereocenters. The number of amides is 2. The lowest BCUT2D eigenvalue weighted by Gasteiger charge is -2.15. The van der Waals surface area contributed by atoms with Crippen LogP contribution in [0.4, 0.5) is 0 Å². The van der Waals surface area contributed by atoms with Crippen molar-refractivity contribution in [1.29, 1.82) is 0 Å². The van der Waals surface area contributed by atoms with E-state index in [1.807, 2.05) is 54.6 Å². The maximum Gasteiger partial charge on any atom is 0.237 e. The lowest BCUT2D eigenvalue weighted by atomic mass is 9.97. The molecule has 1 aliphatic rings. The average Bonchev–Trinajstić information content (AvgIpc) is 2.84. The van der Waals surface area contributed by atoms with Gasteiger partial charge in [0.1, 0.15) is 5.75 Å². The fraction of sp³-hybridized carbons (Fsp3) is 0.222. The van der Waals surface area contributed by atoms with Gasteiger partial charge in [0.05, 0.1) is 19.6 Å². The Hall–Kier alpha value is -2.62. The highest BCUT2D eigenvalue weighted by Crippen LogP contribution is 2.32. The lowest BCUT2D eigenvalue weighted by molar-refractivity contribution is -0.139. The van der Waals surface area contributed by atoms with Gasteiger partial charge in [-0.1, -0.05) is 42.5 Å². The van der Waals surface area contributed by atoms with Crippen molar-refractivity contribution in [2.45, 2.75) is 18.9 Å². The molecule has 0 bridgehead atoms. The van der Waals surface area contributed by atoms with E-state index in [4.69, 9.17) is 4.74 Å². The number of hydrogen-bond donors (Lipinski definition) is 0. The molecule has 0 radical (unpaired) electrons. The van der Waals surface area contributed by atoms with Crippen molar-refractivity contribution < 1.29 is 14.3 Å². The summed E-state index contributed by atoms with van der Waals surface area (Å²) in [6.07, 6.45) is 0.221. The number of carbonyl (C=O) groups is 2. The Kier molecular flexibility index (Phi) is 3.92. The van der Waals surface area contributed by atoms with Gasteiger partial charge in [0.25, 0.3) is 0 Å². The molecule has 22 heavy (non-hydrogen) atoms. The molecule has 0 N–H and O–H groups in total. The van der Waals surface area contributed by atoms with E-state index in [1.165, 1.54) is 4.90 Å². The van der Waals surface area contributed by atoms with Crippen molar-refractivity contribution in [3.05, 3.63) is 65.7 Å². The van der Waals surface area contributed by atoms with Crippen LogP contribution in [-0.2, 0) is 16.1 Å². The predicted octanol–water partition coefficient (Wildman–Crippen LogP) is 2.74. The van der Waals surface area contributed by atoms with E-state index >= 15 is 0 Å². The summed E-state index contributed by atoms with van der Waals surface area (Å²) in [5.74, 6) is 0.0225. The monoisotopic (exact) mass is 295 g/mol. The molecule has 4 heteroatoms. The Morgan fingerprint density at radius 3 is 2.59 bits per heavy atom. The Morgan fingerprint density at radius 2 is 1.86 bits per heavy atom. The second-order valence-electron chi connectivity index (χ2n) is 5.34. The van der Waals surface area contributed by atoms with Gasteiger partial charge in [-0.05, 0) is 23.3 Å². The summed E-state index contributed by atoms with van der Waals surface area (Å²) < 4.78 is 5.19. The predicted molar refractivity (Wildman–Crippen MR) is 82.4 cm³/mol. The van der Waals surface area contributed by atoms with Crippen LogP contribution in [-0.4, -0.2) is 23.8 Å². The van der Waals surface area contributed by atoms with E-state index in [2.05, 4.69) is 0 Å². The Bertz CT molecular complexity index is 696. The molecule has 0 spiro atoms. The largest absolute Gasteiger partial charge is 0.497 e. The summed E-state index contributed by atoms with van der Waals surface area (Å²) in [4.78, 5) is 26.1. The van der Waals surface area contributed by atoms with Crippen LogP contribution in [0, 0.1) is 0 Å². The molecular weight excluding hydrogens is 278 g/mol. The van der Waals surface area contributed by atoms with Gasteiger partial charge in [-0.3, -0.25) is 14.5 Å². The number of ether oxygens (including phenoxy) is 1. The summed E-state index contributed by atoms with van der Waals surface area (Å²) in [5, 5.41) is 0. The zero-order valence-corrected chi connectivity index (χ0v) is 12.4. The number of carbonyl (C=O) groups excluding carboxylic acids is 2. The van der Waals surface area contributed by atoms with Crippen LogP contribution in [0.3, 0.4) is 0 Å². The van der Waals surface area contributed by atoms with E-state index in [9.17, 15) is 9.59 Å². The molecule has 1 fully saturated rings. The summed E-state index contributed by atoms with van der Waals surface area (Å²) in [7, 11) is 1.59. The smallest absolute Gasteiger partial charge is 0.237 e. The molecule has 2 aromatic carbocycles. The molecule has 3 rings (SSSR count). The van der Waals surface area contributed by atoms with Crippen LogP contribution in [0.25, 0.3) is 0 Å². The first-order chi connectivity index (χ1) is 10.7. The zero-order chi connectivity index (χ0) is 15.5. The average molecular weight is 295 g/mol. The molecule has 1 saturated heterocycles. The maximum atomic E-state index is 12.6. The lowest BCUT2D eigenvalue weighted by Crippen LogP contribution is -2.29. The Morgan fingerprint density at radius 1 is 1.09 bits per heavy atom. The number of imide groups is 1. The van der Waals surface area contributed by atoms with Crippen LogP contribution < -0.4 is 4.74 Å². The van der Waals surface area contributed by atoms with Gasteiger partial charge in [0.2, 0.25) is 11.8 Å². The number of hydrogen-bond acceptors (Lipinski definition) is 3. The fourth-order valence-electron chi connectivity index (χ4n) is 2.73. The van der Waals surface area contributed by atoms with Crippen molar-refractivity contribution in [3.63, 3.8) is 0 Å². The number of rotatable bonds is 4. The van der Waals surface area contributed by atoms with E-state index in [1.54, 1.807) is 7.11 Å². The Balaban J connectivity index is 1.82. The standard InChI is InChI=1S/C18H17NO3/c1-22-15-9-5-8-14(10-15)16-11-17(20)19(18(16)21)12-13-6-3-2-4-7-13/h2-10,16H,11-12H2,1H3. The van der Waals surface area contributed by atoms with Gasteiger partial charge in [-0.15, -0.1) is 0 Å². The van der Waals surface area contributed by atoms with Crippen LogP contribution in [0.1, 0.15) is 23.5 Å². The van der Waals surface area contributed by atoms with Crippen molar-refractivity contribution in [1.82, 2.24) is 4.90 Å². The molecule has 0 aromatic heterocycles. The molecule has 2 amide bonds. The van der Waals surface area contributed by atoms with E-state index in [0.717, 1.165) is 11.1 Å². The van der Waals surface area contributed by atoms with E-state index in [0.29, 0.717) is 12.3 Å². The molecule has 4 nitrogen and oxygen atoms in total. The number of methoxy groups -OCH3 is 1. The molecule has 0 saturated carbocycles. The third-order valence-corrected chi connectivity index (χ3v) is 3.92. The van der Waals surface area contributed by atoms with Crippen molar-refractivity contribution in [2.75, 3.05) is 7.11 Å². The molecule has 1 atom stereocenters.